The zero-order valence-electron chi connectivity index (χ0n) is 25.4. The lowest BCUT2D eigenvalue weighted by atomic mass is 9.82. The Hall–Kier alpha value is -3.68. The Labute approximate surface area is 269 Å². The van der Waals surface area contributed by atoms with Gasteiger partial charge < -0.3 is 41.1 Å². The first-order valence-corrected chi connectivity index (χ1v) is 15.5. The number of pyridine rings is 2. The summed E-state index contributed by atoms with van der Waals surface area (Å²) in [4.78, 5) is 17.4. The number of anilines is 4. The molecular weight excluding hydrogens is 619 g/mol. The van der Waals surface area contributed by atoms with Crippen molar-refractivity contribution in [3.63, 3.8) is 0 Å². The molecule has 0 bridgehead atoms. The van der Waals surface area contributed by atoms with Crippen LogP contribution < -0.4 is 26.7 Å². The fraction of sp³-hybridized carbons (Fsp3) is 0.312. The number of hydrogen-bond acceptors (Lipinski definition) is 10. The number of aromatic nitrogens is 2. The third-order valence-corrected chi connectivity index (χ3v) is 8.11. The Morgan fingerprint density at radius 1 is 0.636 bits per heavy atom. The number of piperazine rings is 2. The van der Waals surface area contributed by atoms with Gasteiger partial charge in [0.1, 0.15) is 11.6 Å². The molecule has 232 valence electrons. The van der Waals surface area contributed by atoms with E-state index in [2.05, 4.69) is 108 Å². The zero-order chi connectivity index (χ0) is 31.5. The second-order valence-electron chi connectivity index (χ2n) is 11.0. The number of hydrogen-bond donors (Lipinski definition) is 4. The summed E-state index contributed by atoms with van der Waals surface area (Å²) in [5, 5.41) is 17.2. The van der Waals surface area contributed by atoms with Gasteiger partial charge in [-0.25, -0.2) is 9.97 Å². The summed E-state index contributed by atoms with van der Waals surface area (Å²) in [6.45, 7) is 8.99. The molecule has 4 aromatic rings. The third kappa shape index (κ3) is 10.2. The molecule has 0 aliphatic carbocycles. The van der Waals surface area contributed by atoms with Gasteiger partial charge >= 0.3 is 7.12 Å². The number of nitrogens with two attached hydrogens (primary N) is 2. The maximum absolute atomic E-state index is 8.59. The van der Waals surface area contributed by atoms with Gasteiger partial charge in [-0.05, 0) is 68.2 Å². The van der Waals surface area contributed by atoms with Crippen molar-refractivity contribution in [1.82, 2.24) is 19.8 Å². The van der Waals surface area contributed by atoms with Gasteiger partial charge in [0.05, 0.1) is 0 Å². The van der Waals surface area contributed by atoms with Crippen LogP contribution in [0.3, 0.4) is 0 Å². The molecule has 6 rings (SSSR count). The summed E-state index contributed by atoms with van der Waals surface area (Å²) in [5.74, 6) is 0.924. The van der Waals surface area contributed by atoms with E-state index in [1.807, 2.05) is 18.3 Å². The fourth-order valence-electron chi connectivity index (χ4n) is 4.83. The van der Waals surface area contributed by atoms with Crippen LogP contribution in [-0.4, -0.2) is 103 Å². The Morgan fingerprint density at radius 3 is 1.64 bits per heavy atom. The van der Waals surface area contributed by atoms with Gasteiger partial charge in [-0.2, -0.15) is 0 Å². The van der Waals surface area contributed by atoms with Crippen molar-refractivity contribution >= 4 is 51.5 Å². The van der Waals surface area contributed by atoms with Gasteiger partial charge in [0.25, 0.3) is 0 Å². The van der Waals surface area contributed by atoms with E-state index >= 15 is 0 Å². The van der Waals surface area contributed by atoms with Gasteiger partial charge in [-0.15, -0.1) is 0 Å². The molecule has 2 aromatic heterocycles. The fourth-order valence-corrected chi connectivity index (χ4v) is 5.22. The molecule has 0 unspecified atom stereocenters. The number of benzene rings is 2. The van der Waals surface area contributed by atoms with Crippen LogP contribution >= 0.6 is 15.9 Å². The third-order valence-electron chi connectivity index (χ3n) is 7.62. The minimum atomic E-state index is -1.46. The van der Waals surface area contributed by atoms with Gasteiger partial charge in [0.15, 0.2) is 0 Å². The van der Waals surface area contributed by atoms with Crippen molar-refractivity contribution in [2.45, 2.75) is 0 Å². The van der Waals surface area contributed by atoms with E-state index in [1.165, 1.54) is 35.3 Å². The molecule has 0 atom stereocenters. The summed E-state index contributed by atoms with van der Waals surface area (Å²) >= 11 is 3.50. The molecule has 2 fully saturated rings. The highest BCUT2D eigenvalue weighted by atomic mass is 79.9. The highest BCUT2D eigenvalue weighted by molar-refractivity contribution is 9.10. The van der Waals surface area contributed by atoms with Crippen LogP contribution in [0.25, 0.3) is 11.1 Å². The van der Waals surface area contributed by atoms with E-state index in [1.54, 1.807) is 0 Å². The van der Waals surface area contributed by atoms with Crippen molar-refractivity contribution in [3.05, 3.63) is 89.7 Å². The van der Waals surface area contributed by atoms with Gasteiger partial charge in [0.2, 0.25) is 0 Å². The molecule has 12 heteroatoms. The second kappa shape index (κ2) is 16.4. The maximum atomic E-state index is 8.59. The van der Waals surface area contributed by atoms with Crippen LogP contribution in [0.2, 0.25) is 0 Å². The molecule has 6 N–H and O–H groups in total. The Kier molecular flexibility index (Phi) is 12.4. The van der Waals surface area contributed by atoms with E-state index in [0.717, 1.165) is 62.4 Å². The van der Waals surface area contributed by atoms with Crippen LogP contribution in [0.15, 0.2) is 89.7 Å². The summed E-state index contributed by atoms with van der Waals surface area (Å²) in [7, 11) is 2.89. The molecular formula is C32H42BBrN8O2. The predicted molar refractivity (Wildman–Crippen MR) is 186 cm³/mol. The average Bonchev–Trinajstić information content (AvgIpc) is 3.03. The number of rotatable bonds is 4. The smallest absolute Gasteiger partial charge is 0.423 e. The highest BCUT2D eigenvalue weighted by Gasteiger charge is 2.15. The molecule has 10 nitrogen and oxygen atoms in total. The SMILES string of the molecule is CN1CCN(c2cccc(-c3ccc(N)nc3)c2)CC1.CN1CCN(c2cccc(Br)c2)CC1.Nc1ccc(B(O)O)cn1. The molecule has 2 aromatic carbocycles. The maximum Gasteiger partial charge on any atom is 0.490 e. The summed E-state index contributed by atoms with van der Waals surface area (Å²) in [5.41, 5.74) is 16.1. The average molecular weight is 661 g/mol. The van der Waals surface area contributed by atoms with Crippen molar-refractivity contribution in [1.29, 1.82) is 0 Å². The molecule has 2 aliphatic heterocycles. The first-order valence-electron chi connectivity index (χ1n) is 14.7. The minimum Gasteiger partial charge on any atom is -0.423 e. The monoisotopic (exact) mass is 660 g/mol. The molecule has 4 heterocycles. The Balaban J connectivity index is 0.000000161. The molecule has 0 radical (unpaired) electrons. The minimum absolute atomic E-state index is 0.342. The molecule has 44 heavy (non-hydrogen) atoms. The summed E-state index contributed by atoms with van der Waals surface area (Å²) < 4.78 is 1.16. The van der Waals surface area contributed by atoms with Gasteiger partial charge in [-0.1, -0.05) is 40.2 Å². The van der Waals surface area contributed by atoms with Gasteiger partial charge in [0, 0.05) is 91.6 Å². The van der Waals surface area contributed by atoms with E-state index in [0.29, 0.717) is 17.1 Å². The highest BCUT2D eigenvalue weighted by Crippen LogP contribution is 2.25. The summed E-state index contributed by atoms with van der Waals surface area (Å²) in [6, 6.07) is 24.0. The lowest BCUT2D eigenvalue weighted by molar-refractivity contribution is 0.313. The molecule has 0 saturated carbocycles. The Morgan fingerprint density at radius 2 is 1.16 bits per heavy atom. The first-order chi connectivity index (χ1) is 21.2. The molecule has 2 aliphatic rings. The van der Waals surface area contributed by atoms with Gasteiger partial charge in [-0.3, -0.25) is 0 Å². The topological polar surface area (TPSA) is 131 Å². The second-order valence-corrected chi connectivity index (χ2v) is 11.9. The molecule has 0 spiro atoms. The van der Waals surface area contributed by atoms with Crippen molar-refractivity contribution < 1.29 is 10.0 Å². The summed E-state index contributed by atoms with van der Waals surface area (Å²) in [6.07, 6.45) is 3.15. The van der Waals surface area contributed by atoms with Crippen molar-refractivity contribution in [3.8, 4) is 11.1 Å². The van der Waals surface area contributed by atoms with Crippen molar-refractivity contribution in [2.24, 2.45) is 0 Å². The van der Waals surface area contributed by atoms with Crippen LogP contribution in [0.5, 0.6) is 0 Å². The Bertz CT molecular complexity index is 1430. The first kappa shape index (κ1) is 33.2. The quantitative estimate of drug-likeness (QED) is 0.242. The van der Waals surface area contributed by atoms with Crippen LogP contribution in [0, 0.1) is 0 Å². The number of nitrogen functional groups attached to an aromatic ring is 2. The molecule has 2 saturated heterocycles. The standard InChI is InChI=1S/C16H20N4.C11H15BrN2.C5H7BN2O2/c1-19-7-9-20(10-8-19)15-4-2-3-13(11-15)14-5-6-16(17)18-12-14;1-13-5-7-14(8-6-13)11-4-2-3-10(12)9-11;7-5-2-1-4(3-8-5)6(9)10/h2-6,11-12H,7-10H2,1H3,(H2,17,18);2-4,9H,5-8H2,1H3;1-3,9-10H,(H2,7,8). The van der Waals surface area contributed by atoms with Crippen LogP contribution in [0.1, 0.15) is 0 Å². The van der Waals surface area contributed by atoms with Crippen molar-refractivity contribution in [2.75, 3.05) is 87.7 Å². The number of halogens is 1. The lowest BCUT2D eigenvalue weighted by Crippen LogP contribution is -2.44. The number of likely N-dealkylation sites (N-methyl/N-ethyl adjacent to an activating group) is 2. The van der Waals surface area contributed by atoms with Crippen LogP contribution in [-0.2, 0) is 0 Å². The predicted octanol–water partition coefficient (Wildman–Crippen LogP) is 2.63. The lowest BCUT2D eigenvalue weighted by Gasteiger charge is -2.34. The van der Waals surface area contributed by atoms with E-state index in [4.69, 9.17) is 21.5 Å². The zero-order valence-corrected chi connectivity index (χ0v) is 27.0. The normalized spacial score (nSPS) is 15.5. The molecule has 0 amide bonds. The van der Waals surface area contributed by atoms with E-state index in [-0.39, 0.29) is 0 Å². The van der Waals surface area contributed by atoms with E-state index < -0.39 is 7.12 Å². The largest absolute Gasteiger partial charge is 0.490 e. The van der Waals surface area contributed by atoms with Crippen LogP contribution in [0.4, 0.5) is 23.0 Å². The van der Waals surface area contributed by atoms with E-state index in [9.17, 15) is 0 Å². The number of nitrogens with zero attached hydrogens (tertiary/aromatic N) is 6.